The third-order valence-electron chi connectivity index (χ3n) is 5.14. The second kappa shape index (κ2) is 11.7. The van der Waals surface area contributed by atoms with E-state index in [0.717, 1.165) is 11.4 Å². The van der Waals surface area contributed by atoms with Gasteiger partial charge >= 0.3 is 12.7 Å². The van der Waals surface area contributed by atoms with E-state index in [1.54, 1.807) is 20.2 Å². The van der Waals surface area contributed by atoms with Crippen molar-refractivity contribution in [1.29, 1.82) is 0 Å². The molecule has 2 aromatic heterocycles. The summed E-state index contributed by atoms with van der Waals surface area (Å²) in [7, 11) is 0. The number of anilines is 1. The molecule has 190 valence electrons. The van der Waals surface area contributed by atoms with Crippen molar-refractivity contribution >= 4 is 41.2 Å². The fourth-order valence-corrected chi connectivity index (χ4v) is 7.35. The van der Waals surface area contributed by atoms with Gasteiger partial charge in [-0.05, 0) is 27.2 Å². The number of nitrogens with two attached hydrogens (primary N) is 1. The summed E-state index contributed by atoms with van der Waals surface area (Å²) in [5, 5.41) is 2.81. The molecule has 0 amide bonds. The fourth-order valence-electron chi connectivity index (χ4n) is 3.72. The number of nitrogens with one attached hydrogen (secondary N) is 1. The highest BCUT2D eigenvalue weighted by atomic mass is 32.7. The Balaban J connectivity index is 1.70. The van der Waals surface area contributed by atoms with Crippen LogP contribution in [0, 0.1) is 5.92 Å². The van der Waals surface area contributed by atoms with Crippen LogP contribution in [0.2, 0.25) is 0 Å². The van der Waals surface area contributed by atoms with Crippen molar-refractivity contribution < 1.29 is 28.1 Å². The molecule has 12 nitrogen and oxygen atoms in total. The number of nitrogens with zero attached hydrogens (tertiary/aromatic N) is 4. The Kier molecular flexibility index (Phi) is 9.16. The Labute approximate surface area is 202 Å². The molecule has 0 saturated carbocycles. The predicted molar refractivity (Wildman–Crippen MR) is 130 cm³/mol. The van der Waals surface area contributed by atoms with E-state index in [-0.39, 0.29) is 37.4 Å². The molecule has 2 aromatic rings. The van der Waals surface area contributed by atoms with E-state index in [0.29, 0.717) is 35.8 Å². The minimum atomic E-state index is -3.35. The van der Waals surface area contributed by atoms with E-state index in [1.807, 2.05) is 25.3 Å². The van der Waals surface area contributed by atoms with Crippen LogP contribution in [0.25, 0.3) is 11.2 Å². The van der Waals surface area contributed by atoms with Gasteiger partial charge in [0.25, 0.3) is 0 Å². The molecule has 1 aliphatic rings. The molecule has 0 spiro atoms. The standard InChI is InChI=1S/C20H33N6O6PS/c1-6-29-17-15-16(23-20(21)24-17)26(11-22-15)18-12(4)9-14(32-18)10-31-33(28,34-8-3)25-13(5)19(27)30-7-2/h11-14,18H,6-10H2,1-5H3,(H,25,28)(H2,21,23,24)/t12-,13-,14-,18+,33?/m0/s1. The lowest BCUT2D eigenvalue weighted by molar-refractivity contribution is -0.144. The number of hydrogen-bond acceptors (Lipinski definition) is 11. The molecule has 3 heterocycles. The SMILES string of the molecule is CCOC(=O)[C@H](C)NP(=O)(OC[C@@H]1C[C@H](C)[C@H](n2cnc3c(OCC)nc(N)nc32)O1)SCC. The van der Waals surface area contributed by atoms with Crippen molar-refractivity contribution in [1.82, 2.24) is 24.6 Å². The monoisotopic (exact) mass is 516 g/mol. The number of esters is 1. The number of hydrogen-bond donors (Lipinski definition) is 2. The van der Waals surface area contributed by atoms with Crippen molar-refractivity contribution in [3.8, 4) is 5.88 Å². The molecular weight excluding hydrogens is 483 g/mol. The topological polar surface area (TPSA) is 153 Å². The fraction of sp³-hybridized carbons (Fsp3) is 0.700. The normalized spacial score (nSPS) is 23.0. The highest BCUT2D eigenvalue weighted by Crippen LogP contribution is 2.56. The van der Waals surface area contributed by atoms with Crippen LogP contribution in [0.5, 0.6) is 5.88 Å². The van der Waals surface area contributed by atoms with Gasteiger partial charge in [0.15, 0.2) is 11.2 Å². The maximum Gasteiger partial charge on any atom is 0.327 e. The minimum Gasteiger partial charge on any atom is -0.476 e. The van der Waals surface area contributed by atoms with E-state index >= 15 is 0 Å². The minimum absolute atomic E-state index is 0.0857. The first-order valence-corrected chi connectivity index (χ1v) is 14.5. The van der Waals surface area contributed by atoms with Crippen LogP contribution >= 0.6 is 18.1 Å². The lowest BCUT2D eigenvalue weighted by Crippen LogP contribution is -2.33. The van der Waals surface area contributed by atoms with Crippen LogP contribution in [-0.4, -0.2) is 63.2 Å². The summed E-state index contributed by atoms with van der Waals surface area (Å²) in [5.41, 5.74) is 6.90. The van der Waals surface area contributed by atoms with Gasteiger partial charge in [0, 0.05) is 11.7 Å². The molecule has 0 bridgehead atoms. The van der Waals surface area contributed by atoms with Crippen molar-refractivity contribution in [2.75, 3.05) is 31.3 Å². The molecule has 1 unspecified atom stereocenters. The maximum atomic E-state index is 13.3. The molecular formula is C20H33N6O6PS. The largest absolute Gasteiger partial charge is 0.476 e. The molecule has 34 heavy (non-hydrogen) atoms. The van der Waals surface area contributed by atoms with Crippen LogP contribution in [-0.2, 0) is 23.4 Å². The van der Waals surface area contributed by atoms with Gasteiger partial charge in [-0.2, -0.15) is 9.97 Å². The summed E-state index contributed by atoms with van der Waals surface area (Å²) in [6, 6.07) is -0.761. The van der Waals surface area contributed by atoms with Crippen molar-refractivity contribution in [2.24, 2.45) is 5.92 Å². The first kappa shape index (κ1) is 26.7. The van der Waals surface area contributed by atoms with Crippen molar-refractivity contribution in [3.05, 3.63) is 6.33 Å². The Hall–Kier alpha value is -1.92. The highest BCUT2D eigenvalue weighted by Gasteiger charge is 2.37. The van der Waals surface area contributed by atoms with Crippen LogP contribution in [0.1, 0.15) is 47.3 Å². The first-order chi connectivity index (χ1) is 16.2. The van der Waals surface area contributed by atoms with Gasteiger partial charge in [0.2, 0.25) is 11.8 Å². The molecule has 0 aliphatic carbocycles. The molecule has 0 radical (unpaired) electrons. The number of aromatic nitrogens is 4. The number of rotatable bonds is 12. The molecule has 1 fully saturated rings. The average Bonchev–Trinajstić information content (AvgIpc) is 3.35. The maximum absolute atomic E-state index is 13.3. The lowest BCUT2D eigenvalue weighted by atomic mass is 10.1. The van der Waals surface area contributed by atoms with E-state index < -0.39 is 18.7 Å². The quantitative estimate of drug-likeness (QED) is 0.315. The van der Waals surface area contributed by atoms with Gasteiger partial charge in [0.1, 0.15) is 12.3 Å². The van der Waals surface area contributed by atoms with Crippen LogP contribution < -0.4 is 15.6 Å². The molecule has 5 atom stereocenters. The summed E-state index contributed by atoms with van der Waals surface area (Å²) in [4.78, 5) is 24.8. The predicted octanol–water partition coefficient (Wildman–Crippen LogP) is 3.15. The molecule has 3 rings (SSSR count). The zero-order valence-corrected chi connectivity index (χ0v) is 21.8. The Bertz CT molecular complexity index is 1040. The number of fused-ring (bicyclic) bond motifs is 1. The molecule has 1 saturated heterocycles. The second-order valence-electron chi connectivity index (χ2n) is 7.82. The Morgan fingerprint density at radius 1 is 1.38 bits per heavy atom. The van der Waals surface area contributed by atoms with Gasteiger partial charge in [-0.15, -0.1) is 0 Å². The number of nitrogen functional groups attached to an aromatic ring is 1. The zero-order valence-electron chi connectivity index (χ0n) is 20.1. The summed E-state index contributed by atoms with van der Waals surface area (Å²) in [5.74, 6) is 0.585. The number of carbonyl (C=O) groups excluding carboxylic acids is 1. The Morgan fingerprint density at radius 3 is 2.82 bits per heavy atom. The zero-order chi connectivity index (χ0) is 24.9. The van der Waals surface area contributed by atoms with Crippen LogP contribution in [0.15, 0.2) is 6.33 Å². The summed E-state index contributed by atoms with van der Waals surface area (Å²) >= 11 is 1.13. The van der Waals surface area contributed by atoms with Gasteiger partial charge in [0.05, 0.1) is 32.3 Å². The summed E-state index contributed by atoms with van der Waals surface area (Å²) < 4.78 is 37.7. The average molecular weight is 517 g/mol. The first-order valence-electron chi connectivity index (χ1n) is 11.3. The number of imidazole rings is 1. The summed E-state index contributed by atoms with van der Waals surface area (Å²) in [6.45, 7) is 6.51. The third kappa shape index (κ3) is 6.19. The molecule has 3 N–H and O–H groups in total. The van der Waals surface area contributed by atoms with E-state index in [2.05, 4.69) is 20.0 Å². The van der Waals surface area contributed by atoms with Gasteiger partial charge < -0.3 is 24.5 Å². The second-order valence-corrected chi connectivity index (χ2v) is 12.4. The van der Waals surface area contributed by atoms with Crippen molar-refractivity contribution in [3.63, 3.8) is 0 Å². The smallest absolute Gasteiger partial charge is 0.327 e. The van der Waals surface area contributed by atoms with E-state index in [1.165, 1.54) is 0 Å². The number of carbonyl (C=O) groups is 1. The van der Waals surface area contributed by atoms with Crippen LogP contribution in [0.4, 0.5) is 5.95 Å². The molecule has 0 aromatic carbocycles. The van der Waals surface area contributed by atoms with E-state index in [9.17, 15) is 9.36 Å². The van der Waals surface area contributed by atoms with Crippen LogP contribution in [0.3, 0.4) is 0 Å². The van der Waals surface area contributed by atoms with Gasteiger partial charge in [-0.3, -0.25) is 13.9 Å². The third-order valence-corrected chi connectivity index (χ3v) is 9.35. The highest BCUT2D eigenvalue weighted by molar-refractivity contribution is 8.56. The number of ether oxygens (including phenoxy) is 3. The van der Waals surface area contributed by atoms with Gasteiger partial charge in [-0.1, -0.05) is 25.2 Å². The Morgan fingerprint density at radius 2 is 2.15 bits per heavy atom. The van der Waals surface area contributed by atoms with Gasteiger partial charge in [-0.25, -0.2) is 10.1 Å². The van der Waals surface area contributed by atoms with Crippen molar-refractivity contribution in [2.45, 2.75) is 59.4 Å². The lowest BCUT2D eigenvalue weighted by Gasteiger charge is -2.23. The molecule has 1 aliphatic heterocycles. The molecule has 14 heteroatoms. The van der Waals surface area contributed by atoms with E-state index in [4.69, 9.17) is 24.5 Å². The summed E-state index contributed by atoms with van der Waals surface area (Å²) in [6.07, 6.45) is 1.63.